The Labute approximate surface area is 169 Å². The molecule has 0 bridgehead atoms. The summed E-state index contributed by atoms with van der Waals surface area (Å²) in [5.41, 5.74) is 1.77. The topological polar surface area (TPSA) is 76.8 Å². The van der Waals surface area contributed by atoms with Crippen LogP contribution < -0.4 is 0 Å². The Hall–Kier alpha value is -3.09. The van der Waals surface area contributed by atoms with Gasteiger partial charge in [-0.25, -0.2) is 15.0 Å². The van der Waals surface area contributed by atoms with Gasteiger partial charge in [0.25, 0.3) is 5.91 Å². The molecule has 148 valence electrons. The zero-order valence-electron chi connectivity index (χ0n) is 16.3. The number of hydrogen-bond acceptors (Lipinski definition) is 5. The number of hydrogen-bond donors (Lipinski definition) is 0. The maximum absolute atomic E-state index is 13.0. The first-order valence-electron chi connectivity index (χ1n) is 10.3. The van der Waals surface area contributed by atoms with Gasteiger partial charge in [-0.1, -0.05) is 0 Å². The summed E-state index contributed by atoms with van der Waals surface area (Å²) in [5, 5.41) is 0. The number of carbonyl (C=O) groups is 1. The van der Waals surface area contributed by atoms with Crippen LogP contribution in [-0.2, 0) is 6.54 Å². The summed E-state index contributed by atoms with van der Waals surface area (Å²) in [6, 6.07) is 4.04. The minimum atomic E-state index is 0.0179. The normalized spacial score (nSPS) is 19.3. The van der Waals surface area contributed by atoms with Gasteiger partial charge < -0.3 is 9.47 Å². The number of amides is 1. The average molecular weight is 388 g/mol. The van der Waals surface area contributed by atoms with E-state index in [1.54, 1.807) is 12.4 Å². The quantitative estimate of drug-likeness (QED) is 0.671. The molecule has 3 aromatic heterocycles. The SMILES string of the molecule is O=C(c1cnc(C2CC2)nc1)N1CCCC(c2nccn2Cc2ccncc2)C1. The number of piperidine rings is 1. The minimum Gasteiger partial charge on any atom is -0.338 e. The van der Waals surface area contributed by atoms with Gasteiger partial charge in [0.2, 0.25) is 0 Å². The molecule has 29 heavy (non-hydrogen) atoms. The molecule has 5 rings (SSSR count). The van der Waals surface area contributed by atoms with Crippen LogP contribution in [0.5, 0.6) is 0 Å². The average Bonchev–Trinajstić information content (AvgIpc) is 3.53. The van der Waals surface area contributed by atoms with Crippen LogP contribution in [0.3, 0.4) is 0 Å². The Kier molecular flexibility index (Phi) is 4.79. The van der Waals surface area contributed by atoms with Gasteiger partial charge >= 0.3 is 0 Å². The van der Waals surface area contributed by atoms with Gasteiger partial charge in [-0.15, -0.1) is 0 Å². The van der Waals surface area contributed by atoms with Crippen LogP contribution in [0.4, 0.5) is 0 Å². The molecule has 7 heteroatoms. The van der Waals surface area contributed by atoms with Crippen LogP contribution in [-0.4, -0.2) is 48.4 Å². The van der Waals surface area contributed by atoms with E-state index in [-0.39, 0.29) is 11.8 Å². The van der Waals surface area contributed by atoms with E-state index >= 15 is 0 Å². The Morgan fingerprint density at radius 3 is 2.55 bits per heavy atom. The van der Waals surface area contributed by atoms with Crippen molar-refractivity contribution in [1.29, 1.82) is 0 Å². The van der Waals surface area contributed by atoms with Crippen LogP contribution >= 0.6 is 0 Å². The molecule has 1 aliphatic heterocycles. The van der Waals surface area contributed by atoms with Gasteiger partial charge in [0, 0.05) is 68.7 Å². The lowest BCUT2D eigenvalue weighted by atomic mass is 9.96. The molecule has 0 spiro atoms. The van der Waals surface area contributed by atoms with Crippen molar-refractivity contribution in [3.05, 3.63) is 72.1 Å². The Bertz CT molecular complexity index is 980. The number of aromatic nitrogens is 5. The molecule has 3 aromatic rings. The van der Waals surface area contributed by atoms with Crippen molar-refractivity contribution in [3.63, 3.8) is 0 Å². The maximum atomic E-state index is 13.0. The van der Waals surface area contributed by atoms with E-state index in [0.717, 1.165) is 50.4 Å². The highest BCUT2D eigenvalue weighted by Gasteiger charge is 2.29. The predicted octanol–water partition coefficient (Wildman–Crippen LogP) is 3.01. The van der Waals surface area contributed by atoms with E-state index in [0.29, 0.717) is 18.0 Å². The highest BCUT2D eigenvalue weighted by Crippen LogP contribution is 2.37. The molecule has 7 nitrogen and oxygen atoms in total. The number of rotatable bonds is 5. The molecule has 0 radical (unpaired) electrons. The fraction of sp³-hybridized carbons (Fsp3) is 0.409. The first-order valence-corrected chi connectivity index (χ1v) is 10.3. The van der Waals surface area contributed by atoms with Gasteiger partial charge in [0.15, 0.2) is 0 Å². The minimum absolute atomic E-state index is 0.0179. The molecule has 1 aliphatic carbocycles. The number of pyridine rings is 1. The number of carbonyl (C=O) groups excluding carboxylic acids is 1. The van der Waals surface area contributed by atoms with E-state index < -0.39 is 0 Å². The lowest BCUT2D eigenvalue weighted by Gasteiger charge is -2.32. The maximum Gasteiger partial charge on any atom is 0.257 e. The van der Waals surface area contributed by atoms with Crippen LogP contribution in [0, 0.1) is 0 Å². The third-order valence-corrected chi connectivity index (χ3v) is 5.78. The van der Waals surface area contributed by atoms with Crippen molar-refractivity contribution in [1.82, 2.24) is 29.4 Å². The van der Waals surface area contributed by atoms with Crippen LogP contribution in [0.2, 0.25) is 0 Å². The fourth-order valence-corrected chi connectivity index (χ4v) is 4.05. The van der Waals surface area contributed by atoms with Crippen molar-refractivity contribution < 1.29 is 4.79 Å². The molecule has 4 heterocycles. The standard InChI is InChI=1S/C22H24N6O/c29-22(19-12-25-20(26-13-19)17-3-4-17)28-10-1-2-18(15-28)21-24-9-11-27(21)14-16-5-7-23-8-6-16/h5-9,11-13,17-18H,1-4,10,14-15H2. The second-order valence-electron chi connectivity index (χ2n) is 7.96. The number of likely N-dealkylation sites (tertiary alicyclic amines) is 1. The van der Waals surface area contributed by atoms with Crippen LogP contribution in [0.1, 0.15) is 65.1 Å². The van der Waals surface area contributed by atoms with Crippen molar-refractivity contribution in [2.45, 2.75) is 44.1 Å². The zero-order chi connectivity index (χ0) is 19.6. The predicted molar refractivity (Wildman–Crippen MR) is 107 cm³/mol. The Morgan fingerprint density at radius 1 is 1.00 bits per heavy atom. The van der Waals surface area contributed by atoms with Crippen molar-refractivity contribution in [2.75, 3.05) is 13.1 Å². The molecular weight excluding hydrogens is 364 g/mol. The van der Waals surface area contributed by atoms with Gasteiger partial charge in [-0.05, 0) is 43.4 Å². The van der Waals surface area contributed by atoms with Crippen LogP contribution in [0.25, 0.3) is 0 Å². The highest BCUT2D eigenvalue weighted by atomic mass is 16.2. The summed E-state index contributed by atoms with van der Waals surface area (Å²) in [7, 11) is 0. The molecule has 0 N–H and O–H groups in total. The molecule has 0 aromatic carbocycles. The highest BCUT2D eigenvalue weighted by molar-refractivity contribution is 5.93. The van der Waals surface area contributed by atoms with Gasteiger partial charge in [0.05, 0.1) is 5.56 Å². The van der Waals surface area contributed by atoms with Crippen molar-refractivity contribution in [2.24, 2.45) is 0 Å². The summed E-state index contributed by atoms with van der Waals surface area (Å²) in [6.45, 7) is 2.21. The summed E-state index contributed by atoms with van der Waals surface area (Å²) in [5.74, 6) is 2.66. The molecule has 2 fully saturated rings. The van der Waals surface area contributed by atoms with E-state index in [1.165, 1.54) is 5.56 Å². The number of nitrogens with zero attached hydrogens (tertiary/aromatic N) is 6. The zero-order valence-corrected chi connectivity index (χ0v) is 16.3. The monoisotopic (exact) mass is 388 g/mol. The Balaban J connectivity index is 1.29. The molecule has 1 saturated carbocycles. The van der Waals surface area contributed by atoms with Crippen molar-refractivity contribution in [3.8, 4) is 0 Å². The summed E-state index contributed by atoms with van der Waals surface area (Å²) in [6.07, 6.45) is 15.2. The second-order valence-corrected chi connectivity index (χ2v) is 7.96. The summed E-state index contributed by atoms with van der Waals surface area (Å²) in [4.78, 5) is 32.4. The molecule has 1 unspecified atom stereocenters. The third kappa shape index (κ3) is 3.90. The van der Waals surface area contributed by atoms with Gasteiger partial charge in [-0.2, -0.15) is 0 Å². The first-order chi connectivity index (χ1) is 14.3. The van der Waals surface area contributed by atoms with Crippen LogP contribution in [0.15, 0.2) is 49.3 Å². The lowest BCUT2D eigenvalue weighted by Crippen LogP contribution is -2.40. The van der Waals surface area contributed by atoms with E-state index in [4.69, 9.17) is 0 Å². The molecule has 1 amide bonds. The molecular formula is C22H24N6O. The van der Waals surface area contributed by atoms with E-state index in [9.17, 15) is 4.79 Å². The molecule has 2 aliphatic rings. The smallest absolute Gasteiger partial charge is 0.257 e. The van der Waals surface area contributed by atoms with Gasteiger partial charge in [0.1, 0.15) is 11.6 Å². The lowest BCUT2D eigenvalue weighted by molar-refractivity contribution is 0.0702. The third-order valence-electron chi connectivity index (χ3n) is 5.78. The number of imidazole rings is 1. The molecule has 1 atom stereocenters. The molecule has 1 saturated heterocycles. The first kappa shape index (κ1) is 18.0. The summed E-state index contributed by atoms with van der Waals surface area (Å²) >= 11 is 0. The fourth-order valence-electron chi connectivity index (χ4n) is 4.05. The van der Waals surface area contributed by atoms with E-state index in [1.807, 2.05) is 41.8 Å². The second kappa shape index (κ2) is 7.73. The van der Waals surface area contributed by atoms with E-state index in [2.05, 4.69) is 24.5 Å². The van der Waals surface area contributed by atoms with Gasteiger partial charge in [-0.3, -0.25) is 9.78 Å². The summed E-state index contributed by atoms with van der Waals surface area (Å²) < 4.78 is 2.18. The van der Waals surface area contributed by atoms with Crippen molar-refractivity contribution >= 4 is 5.91 Å². The largest absolute Gasteiger partial charge is 0.338 e. The Morgan fingerprint density at radius 2 is 1.79 bits per heavy atom.